The Kier molecular flexibility index (Phi) is 3.62. The third-order valence-electron chi connectivity index (χ3n) is 5.95. The fourth-order valence-corrected chi connectivity index (χ4v) is 4.90. The molecule has 126 valence electrons. The van der Waals surface area contributed by atoms with Gasteiger partial charge in [-0.25, -0.2) is 0 Å². The number of para-hydroxylation sites is 1. The third kappa shape index (κ3) is 2.39. The van der Waals surface area contributed by atoms with Gasteiger partial charge in [0.25, 0.3) is 0 Å². The molecule has 0 N–H and O–H groups in total. The Labute approximate surface area is 150 Å². The summed E-state index contributed by atoms with van der Waals surface area (Å²) in [4.78, 5) is 0. The van der Waals surface area contributed by atoms with Crippen LogP contribution in [0.25, 0.3) is 6.08 Å². The summed E-state index contributed by atoms with van der Waals surface area (Å²) in [5.41, 5.74) is 4.19. The number of allylic oxidation sites excluding steroid dienone is 2. The summed E-state index contributed by atoms with van der Waals surface area (Å²) >= 11 is 0. The lowest BCUT2D eigenvalue weighted by molar-refractivity contribution is 0.282. The molecule has 0 saturated carbocycles. The molecule has 2 aromatic rings. The van der Waals surface area contributed by atoms with Gasteiger partial charge in [-0.1, -0.05) is 54.6 Å². The second kappa shape index (κ2) is 6.11. The van der Waals surface area contributed by atoms with Crippen LogP contribution in [0.3, 0.4) is 0 Å². The zero-order valence-corrected chi connectivity index (χ0v) is 14.5. The van der Waals surface area contributed by atoms with Crippen LogP contribution in [-0.4, -0.2) is 11.1 Å². The molecule has 1 fully saturated rings. The predicted molar refractivity (Wildman–Crippen MR) is 104 cm³/mol. The highest BCUT2D eigenvalue weighted by molar-refractivity contribution is 5.60. The van der Waals surface area contributed by atoms with Gasteiger partial charge in [-0.05, 0) is 55.0 Å². The van der Waals surface area contributed by atoms with Crippen molar-refractivity contribution < 1.29 is 0 Å². The Morgan fingerprint density at radius 1 is 0.800 bits per heavy atom. The van der Waals surface area contributed by atoms with Gasteiger partial charge < -0.3 is 0 Å². The van der Waals surface area contributed by atoms with Crippen LogP contribution in [-0.2, 0) is 0 Å². The van der Waals surface area contributed by atoms with E-state index in [9.17, 15) is 0 Å². The molecule has 3 aliphatic rings. The number of hydrazine groups is 1. The molecule has 0 amide bonds. The van der Waals surface area contributed by atoms with E-state index in [1.54, 1.807) is 0 Å². The zero-order valence-electron chi connectivity index (χ0n) is 14.5. The van der Waals surface area contributed by atoms with Gasteiger partial charge >= 0.3 is 0 Å². The van der Waals surface area contributed by atoms with E-state index in [1.807, 2.05) is 0 Å². The normalized spacial score (nSPS) is 28.6. The average molecular weight is 328 g/mol. The first kappa shape index (κ1) is 14.8. The number of hydrogen-bond acceptors (Lipinski definition) is 2. The number of rotatable bonds is 1. The quantitative estimate of drug-likeness (QED) is 0.632. The minimum Gasteiger partial charge on any atom is -0.284 e. The maximum absolute atomic E-state index is 2.57. The predicted octanol–water partition coefficient (Wildman–Crippen LogP) is 5.56. The lowest BCUT2D eigenvalue weighted by atomic mass is 9.80. The number of benzene rings is 2. The highest BCUT2D eigenvalue weighted by Crippen LogP contribution is 2.50. The maximum Gasteiger partial charge on any atom is 0.0803 e. The largest absolute Gasteiger partial charge is 0.284 e. The number of hydrogen-bond donors (Lipinski definition) is 0. The van der Waals surface area contributed by atoms with Crippen molar-refractivity contribution in [1.82, 2.24) is 5.01 Å². The van der Waals surface area contributed by atoms with E-state index in [1.165, 1.54) is 42.5 Å². The van der Waals surface area contributed by atoms with Crippen LogP contribution < -0.4 is 5.01 Å². The maximum atomic E-state index is 2.57. The molecule has 25 heavy (non-hydrogen) atoms. The average Bonchev–Trinajstić information content (AvgIpc) is 2.95. The van der Waals surface area contributed by atoms with Crippen molar-refractivity contribution in [1.29, 1.82) is 0 Å². The van der Waals surface area contributed by atoms with Crippen LogP contribution in [0.2, 0.25) is 0 Å². The summed E-state index contributed by atoms with van der Waals surface area (Å²) in [5, 5.41) is 5.08. The minimum absolute atomic E-state index is 0.456. The Morgan fingerprint density at radius 3 is 2.44 bits per heavy atom. The molecule has 2 heteroatoms. The molecular formula is C23H24N2. The molecule has 0 aromatic heterocycles. The second-order valence-corrected chi connectivity index (χ2v) is 7.31. The zero-order chi connectivity index (χ0) is 16.6. The lowest BCUT2D eigenvalue weighted by Crippen LogP contribution is -2.40. The van der Waals surface area contributed by atoms with E-state index < -0.39 is 0 Å². The van der Waals surface area contributed by atoms with E-state index in [0.717, 1.165) is 0 Å². The Morgan fingerprint density at radius 2 is 1.56 bits per heavy atom. The van der Waals surface area contributed by atoms with E-state index in [-0.39, 0.29) is 0 Å². The minimum atomic E-state index is 0.456. The van der Waals surface area contributed by atoms with Crippen LogP contribution >= 0.6 is 0 Å². The van der Waals surface area contributed by atoms with Gasteiger partial charge in [0.1, 0.15) is 0 Å². The molecule has 2 nitrogen and oxygen atoms in total. The first-order chi connectivity index (χ1) is 12.4. The van der Waals surface area contributed by atoms with Gasteiger partial charge in [0.2, 0.25) is 0 Å². The number of fused-ring (bicyclic) bond motifs is 5. The fraction of sp³-hybridized carbons (Fsp3) is 0.304. The molecule has 2 heterocycles. The summed E-state index contributed by atoms with van der Waals surface area (Å²) in [6.07, 6.45) is 14.2. The molecule has 1 aliphatic carbocycles. The van der Waals surface area contributed by atoms with Crippen molar-refractivity contribution in [3.8, 4) is 0 Å². The van der Waals surface area contributed by atoms with Gasteiger partial charge in [-0.3, -0.25) is 10.0 Å². The highest BCUT2D eigenvalue weighted by atomic mass is 15.7. The molecule has 5 rings (SSSR count). The third-order valence-corrected chi connectivity index (χ3v) is 5.95. The van der Waals surface area contributed by atoms with Crippen LogP contribution in [0.4, 0.5) is 5.69 Å². The molecule has 0 bridgehead atoms. The summed E-state index contributed by atoms with van der Waals surface area (Å²) < 4.78 is 0. The smallest absolute Gasteiger partial charge is 0.0803 e. The van der Waals surface area contributed by atoms with Crippen molar-refractivity contribution in [2.75, 3.05) is 5.01 Å². The van der Waals surface area contributed by atoms with Crippen LogP contribution in [0.1, 0.15) is 42.9 Å². The SMILES string of the molecule is C1=CN2[C@@H](c3ccccc31)[C@@H]1CC/C=C\CC[C@H]1N2c1ccccc1. The van der Waals surface area contributed by atoms with Crippen molar-refractivity contribution in [2.45, 2.75) is 37.8 Å². The van der Waals surface area contributed by atoms with Gasteiger partial charge in [-0.15, -0.1) is 0 Å². The molecular weight excluding hydrogens is 304 g/mol. The molecule has 2 aromatic carbocycles. The first-order valence-electron chi connectivity index (χ1n) is 9.48. The van der Waals surface area contributed by atoms with Gasteiger partial charge in [0, 0.05) is 12.1 Å². The Hall–Kier alpha value is -2.48. The van der Waals surface area contributed by atoms with E-state index in [2.05, 4.69) is 89.0 Å². The van der Waals surface area contributed by atoms with Crippen molar-refractivity contribution in [3.05, 3.63) is 84.1 Å². The van der Waals surface area contributed by atoms with Crippen molar-refractivity contribution in [3.63, 3.8) is 0 Å². The second-order valence-electron chi connectivity index (χ2n) is 7.31. The Balaban J connectivity index is 1.64. The highest BCUT2D eigenvalue weighted by Gasteiger charge is 2.47. The van der Waals surface area contributed by atoms with Crippen LogP contribution in [0.5, 0.6) is 0 Å². The summed E-state index contributed by atoms with van der Waals surface area (Å²) in [5.74, 6) is 0.663. The molecule has 0 spiro atoms. The monoisotopic (exact) mass is 328 g/mol. The Bertz CT molecular complexity index is 798. The number of anilines is 1. The molecule has 0 radical (unpaired) electrons. The van der Waals surface area contributed by atoms with Gasteiger partial charge in [0.15, 0.2) is 0 Å². The van der Waals surface area contributed by atoms with Crippen molar-refractivity contribution in [2.24, 2.45) is 5.92 Å². The summed E-state index contributed by atoms with van der Waals surface area (Å²) in [6.45, 7) is 0. The van der Waals surface area contributed by atoms with Crippen LogP contribution in [0, 0.1) is 5.92 Å². The topological polar surface area (TPSA) is 6.48 Å². The molecule has 2 aliphatic heterocycles. The van der Waals surface area contributed by atoms with E-state index in [0.29, 0.717) is 18.0 Å². The summed E-state index contributed by atoms with van der Waals surface area (Å²) in [6, 6.07) is 20.9. The number of nitrogens with zero attached hydrogens (tertiary/aromatic N) is 2. The van der Waals surface area contributed by atoms with Crippen LogP contribution in [0.15, 0.2) is 72.9 Å². The van der Waals surface area contributed by atoms with Crippen molar-refractivity contribution >= 4 is 11.8 Å². The lowest BCUT2D eigenvalue weighted by Gasteiger charge is -2.37. The van der Waals surface area contributed by atoms with E-state index >= 15 is 0 Å². The van der Waals surface area contributed by atoms with Gasteiger partial charge in [-0.2, -0.15) is 0 Å². The standard InChI is InChI=1S/C23H24N2/c1-2-7-15-22-21(14-6-1)23-20-13-9-8-10-18(20)16-17-24(23)25(22)19-11-4-3-5-12-19/h1-5,8-13,16-17,21-23H,6-7,14-15H2/b2-1-/t21-,22-,23+/m1/s1. The van der Waals surface area contributed by atoms with E-state index in [4.69, 9.17) is 0 Å². The first-order valence-corrected chi connectivity index (χ1v) is 9.48. The molecule has 3 atom stereocenters. The molecule has 1 saturated heterocycles. The molecule has 0 unspecified atom stereocenters. The van der Waals surface area contributed by atoms with Gasteiger partial charge in [0.05, 0.1) is 17.8 Å². The fourth-order valence-electron chi connectivity index (χ4n) is 4.90. The summed E-state index contributed by atoms with van der Waals surface area (Å²) in [7, 11) is 0.